The lowest BCUT2D eigenvalue weighted by Gasteiger charge is -2.12. The number of alkyl halides is 3. The van der Waals surface area contributed by atoms with Crippen molar-refractivity contribution in [2.45, 2.75) is 45.3 Å². The van der Waals surface area contributed by atoms with Gasteiger partial charge in [-0.3, -0.25) is 9.20 Å². The summed E-state index contributed by atoms with van der Waals surface area (Å²) in [5, 5.41) is 5.77. The number of aryl methyl sites for hydroxylation is 1. The molecule has 1 aromatic carbocycles. The maximum atomic E-state index is 13.1. The lowest BCUT2D eigenvalue weighted by atomic mass is 10.0. The van der Waals surface area contributed by atoms with Gasteiger partial charge in [0.2, 0.25) is 6.43 Å². The Balaban J connectivity index is 1.67. The molecule has 1 saturated carbocycles. The zero-order valence-corrected chi connectivity index (χ0v) is 17.9. The van der Waals surface area contributed by atoms with Crippen LogP contribution in [0.25, 0.3) is 23.0 Å². The maximum absolute atomic E-state index is 13.1. The van der Waals surface area contributed by atoms with Crippen LogP contribution in [-0.4, -0.2) is 40.5 Å². The fourth-order valence-corrected chi connectivity index (χ4v) is 3.69. The second-order valence-electron chi connectivity index (χ2n) is 7.99. The molecule has 2 heterocycles. The van der Waals surface area contributed by atoms with Gasteiger partial charge in [0.1, 0.15) is 6.17 Å². The van der Waals surface area contributed by atoms with Crippen molar-refractivity contribution in [3.05, 3.63) is 59.4 Å². The lowest BCUT2D eigenvalue weighted by Crippen LogP contribution is -2.27. The normalized spacial score (nSPS) is 17.9. The molecule has 0 saturated heterocycles. The first kappa shape index (κ1) is 21.9. The van der Waals surface area contributed by atoms with Crippen molar-refractivity contribution in [2.75, 3.05) is 11.9 Å². The number of fused-ring (bicyclic) bond motifs is 1. The molecule has 2 N–H and O–H groups in total. The van der Waals surface area contributed by atoms with Gasteiger partial charge in [-0.25, -0.2) is 18.2 Å². The number of amides is 1. The van der Waals surface area contributed by atoms with Crippen LogP contribution in [0.15, 0.2) is 42.7 Å². The van der Waals surface area contributed by atoms with Gasteiger partial charge in [0.15, 0.2) is 5.65 Å². The van der Waals surface area contributed by atoms with Crippen LogP contribution in [0.4, 0.5) is 18.9 Å². The molecule has 168 valence electrons. The van der Waals surface area contributed by atoms with Crippen molar-refractivity contribution in [2.24, 2.45) is 0 Å². The third-order valence-corrected chi connectivity index (χ3v) is 5.46. The van der Waals surface area contributed by atoms with Crippen LogP contribution in [0, 0.1) is 6.92 Å². The summed E-state index contributed by atoms with van der Waals surface area (Å²) in [6.45, 7) is 3.88. The van der Waals surface area contributed by atoms with Crippen molar-refractivity contribution >= 4 is 23.3 Å². The van der Waals surface area contributed by atoms with Gasteiger partial charge in [-0.05, 0) is 43.2 Å². The predicted molar refractivity (Wildman–Crippen MR) is 120 cm³/mol. The Morgan fingerprint density at radius 3 is 2.78 bits per heavy atom. The molecule has 1 amide bonds. The summed E-state index contributed by atoms with van der Waals surface area (Å²) >= 11 is 0. The molecule has 3 aromatic rings. The largest absolute Gasteiger partial charge is 0.382 e. The van der Waals surface area contributed by atoms with Crippen LogP contribution in [0.2, 0.25) is 0 Å². The Labute approximate surface area is 184 Å². The van der Waals surface area contributed by atoms with Crippen molar-refractivity contribution in [1.29, 1.82) is 0 Å². The highest BCUT2D eigenvalue weighted by Gasteiger charge is 2.38. The molecule has 0 bridgehead atoms. The number of nitrogens with zero attached hydrogens (tertiary/aromatic N) is 2. The number of pyridine rings is 1. The number of carbonyl (C=O) groups is 1. The zero-order chi connectivity index (χ0) is 22.8. The van der Waals surface area contributed by atoms with Crippen LogP contribution in [-0.2, 0) is 0 Å². The number of rotatable bonds is 8. The van der Waals surface area contributed by atoms with E-state index in [1.165, 1.54) is 0 Å². The highest BCUT2D eigenvalue weighted by atomic mass is 19.3. The first-order valence-electron chi connectivity index (χ1n) is 10.6. The molecular weight excluding hydrogens is 417 g/mol. The monoisotopic (exact) mass is 442 g/mol. The van der Waals surface area contributed by atoms with Gasteiger partial charge in [0.05, 0.1) is 23.6 Å². The van der Waals surface area contributed by atoms with Gasteiger partial charge in [0, 0.05) is 36.7 Å². The van der Waals surface area contributed by atoms with E-state index in [2.05, 4.69) is 15.6 Å². The molecule has 1 aliphatic rings. The fourth-order valence-electron chi connectivity index (χ4n) is 3.69. The van der Waals surface area contributed by atoms with Crippen LogP contribution in [0.5, 0.6) is 0 Å². The van der Waals surface area contributed by atoms with E-state index in [0.29, 0.717) is 23.3 Å². The molecular formula is C24H25F3N4O. The molecule has 8 heteroatoms. The molecule has 2 atom stereocenters. The molecule has 0 spiro atoms. The number of nitrogens with one attached hydrogen (secondary N) is 2. The van der Waals surface area contributed by atoms with E-state index < -0.39 is 12.6 Å². The van der Waals surface area contributed by atoms with E-state index in [4.69, 9.17) is 0 Å². The first-order valence-corrected chi connectivity index (χ1v) is 10.6. The molecule has 5 nitrogen and oxygen atoms in total. The highest BCUT2D eigenvalue weighted by molar-refractivity contribution is 5.96. The van der Waals surface area contributed by atoms with Crippen LogP contribution < -0.4 is 10.6 Å². The quantitative estimate of drug-likeness (QED) is 0.501. The highest BCUT2D eigenvalue weighted by Crippen LogP contribution is 2.29. The van der Waals surface area contributed by atoms with Gasteiger partial charge >= 0.3 is 0 Å². The smallest absolute Gasteiger partial charge is 0.251 e. The van der Waals surface area contributed by atoms with E-state index in [0.717, 1.165) is 22.4 Å². The van der Waals surface area contributed by atoms with E-state index in [-0.39, 0.29) is 24.9 Å². The summed E-state index contributed by atoms with van der Waals surface area (Å²) in [6, 6.07) is 6.95. The second-order valence-corrected chi connectivity index (χ2v) is 7.99. The molecule has 32 heavy (non-hydrogen) atoms. The van der Waals surface area contributed by atoms with E-state index in [1.54, 1.807) is 12.3 Å². The maximum Gasteiger partial charge on any atom is 0.251 e. The standard InChI is InChI=1S/C24H25F3N4O/c1-3-4-15-10-20(28-8-7-22(26)27)23-29-12-21(31(23)13-15)16-5-6-17(14(2)9-16)24(32)30-19-11-18(19)25/h3-6,9-10,12-13,18-19,22,28H,7-8,11H2,1-2H3,(H,30,32). The summed E-state index contributed by atoms with van der Waals surface area (Å²) in [5.41, 5.74) is 5.14. The molecule has 4 rings (SSSR count). The SMILES string of the molecule is CC=Cc1cc(NCCC(F)F)c2ncc(-c3ccc(C(=O)NC4CC4F)c(C)c3)n2c1. The number of allylic oxidation sites excluding steroid dienone is 1. The van der Waals surface area contributed by atoms with Gasteiger partial charge in [-0.15, -0.1) is 0 Å². The lowest BCUT2D eigenvalue weighted by molar-refractivity contribution is 0.0947. The summed E-state index contributed by atoms with van der Waals surface area (Å²) in [5.74, 6) is -0.279. The van der Waals surface area contributed by atoms with Crippen LogP contribution in [0.1, 0.15) is 41.3 Å². The molecule has 1 aliphatic carbocycles. The topological polar surface area (TPSA) is 58.4 Å². The number of hydrogen-bond donors (Lipinski definition) is 2. The third-order valence-electron chi connectivity index (χ3n) is 5.46. The number of imidazole rings is 1. The number of anilines is 1. The summed E-state index contributed by atoms with van der Waals surface area (Å²) in [7, 11) is 0. The number of benzene rings is 1. The van der Waals surface area contributed by atoms with Gasteiger partial charge < -0.3 is 10.6 Å². The second kappa shape index (κ2) is 9.06. The van der Waals surface area contributed by atoms with Crippen LogP contribution >= 0.6 is 0 Å². The Morgan fingerprint density at radius 2 is 2.12 bits per heavy atom. The van der Waals surface area contributed by atoms with E-state index in [9.17, 15) is 18.0 Å². The van der Waals surface area contributed by atoms with Gasteiger partial charge in [0.25, 0.3) is 5.91 Å². The minimum atomic E-state index is -2.37. The van der Waals surface area contributed by atoms with Crippen LogP contribution in [0.3, 0.4) is 0 Å². The average Bonchev–Trinajstić information content (AvgIpc) is 3.26. The minimum absolute atomic E-state index is 0.137. The average molecular weight is 442 g/mol. The van der Waals surface area contributed by atoms with E-state index in [1.807, 2.05) is 54.8 Å². The third kappa shape index (κ3) is 4.64. The first-order chi connectivity index (χ1) is 15.4. The Bertz CT molecular complexity index is 1170. The van der Waals surface area contributed by atoms with E-state index >= 15 is 0 Å². The van der Waals surface area contributed by atoms with Gasteiger partial charge in [-0.2, -0.15) is 0 Å². The van der Waals surface area contributed by atoms with Gasteiger partial charge in [-0.1, -0.05) is 18.2 Å². The van der Waals surface area contributed by atoms with Crippen molar-refractivity contribution in [1.82, 2.24) is 14.7 Å². The van der Waals surface area contributed by atoms with Crippen molar-refractivity contribution in [3.8, 4) is 11.3 Å². The molecule has 0 aliphatic heterocycles. The number of hydrogen-bond acceptors (Lipinski definition) is 3. The minimum Gasteiger partial charge on any atom is -0.382 e. The summed E-state index contributed by atoms with van der Waals surface area (Å²) < 4.78 is 40.2. The summed E-state index contributed by atoms with van der Waals surface area (Å²) in [4.78, 5) is 16.9. The fraction of sp³-hybridized carbons (Fsp3) is 0.333. The molecule has 2 unspecified atom stereocenters. The predicted octanol–water partition coefficient (Wildman–Crippen LogP) is 5.25. The summed E-state index contributed by atoms with van der Waals surface area (Å²) in [6.07, 6.45) is 4.28. The molecule has 1 fully saturated rings. The van der Waals surface area contributed by atoms with Crippen molar-refractivity contribution in [3.63, 3.8) is 0 Å². The van der Waals surface area contributed by atoms with Crippen molar-refractivity contribution < 1.29 is 18.0 Å². The zero-order valence-electron chi connectivity index (χ0n) is 17.9. The number of halogens is 3. The Morgan fingerprint density at radius 1 is 1.34 bits per heavy atom. The molecule has 2 aromatic heterocycles. The number of carbonyl (C=O) groups excluding carboxylic acids is 1. The Hall–Kier alpha value is -3.29. The Kier molecular flexibility index (Phi) is 6.21. The number of aromatic nitrogens is 2. The molecule has 0 radical (unpaired) electrons.